The molecule has 2 heterocycles. The zero-order valence-electron chi connectivity index (χ0n) is 13.2. The molecule has 0 saturated heterocycles. The van der Waals surface area contributed by atoms with Crippen LogP contribution < -0.4 is 0 Å². The SMILES string of the molecule is CCOC(=O)c1cn2nc(SCc3ccc(Cl)cc3)nc2nc1C. The summed E-state index contributed by atoms with van der Waals surface area (Å²) in [5.41, 5.74) is 2.09. The Labute approximate surface area is 148 Å². The van der Waals surface area contributed by atoms with Gasteiger partial charge in [0.2, 0.25) is 5.16 Å². The van der Waals surface area contributed by atoms with E-state index in [1.165, 1.54) is 16.3 Å². The molecule has 3 rings (SSSR count). The van der Waals surface area contributed by atoms with Gasteiger partial charge in [0, 0.05) is 17.0 Å². The maximum atomic E-state index is 11.9. The van der Waals surface area contributed by atoms with Crippen molar-refractivity contribution in [2.75, 3.05) is 6.61 Å². The number of benzene rings is 1. The molecule has 0 aliphatic heterocycles. The van der Waals surface area contributed by atoms with Crippen molar-refractivity contribution in [3.63, 3.8) is 0 Å². The Kier molecular flexibility index (Phi) is 5.01. The third kappa shape index (κ3) is 3.68. The van der Waals surface area contributed by atoms with E-state index in [2.05, 4.69) is 15.1 Å². The van der Waals surface area contributed by atoms with Crippen LogP contribution in [0.3, 0.4) is 0 Å². The molecule has 0 aliphatic rings. The second-order valence-electron chi connectivity index (χ2n) is 5.01. The predicted octanol–water partition coefficient (Wildman–Crippen LogP) is 3.56. The molecule has 0 spiro atoms. The highest BCUT2D eigenvalue weighted by atomic mass is 35.5. The van der Waals surface area contributed by atoms with E-state index in [4.69, 9.17) is 16.3 Å². The number of hydrogen-bond donors (Lipinski definition) is 0. The number of hydrogen-bond acceptors (Lipinski definition) is 6. The average Bonchev–Trinajstić information content (AvgIpc) is 2.95. The number of carbonyl (C=O) groups is 1. The monoisotopic (exact) mass is 362 g/mol. The zero-order chi connectivity index (χ0) is 17.1. The second-order valence-corrected chi connectivity index (χ2v) is 6.39. The summed E-state index contributed by atoms with van der Waals surface area (Å²) in [6.45, 7) is 3.83. The molecule has 0 bridgehead atoms. The Morgan fingerprint density at radius 2 is 2.04 bits per heavy atom. The van der Waals surface area contributed by atoms with E-state index in [0.717, 1.165) is 11.3 Å². The maximum Gasteiger partial charge on any atom is 0.341 e. The summed E-state index contributed by atoms with van der Waals surface area (Å²) < 4.78 is 6.53. The van der Waals surface area contributed by atoms with Crippen LogP contribution in [0, 0.1) is 6.92 Å². The number of thioether (sulfide) groups is 1. The summed E-state index contributed by atoms with van der Waals surface area (Å²) >= 11 is 7.37. The molecule has 0 amide bonds. The molecule has 1 aromatic carbocycles. The highest BCUT2D eigenvalue weighted by Crippen LogP contribution is 2.21. The fourth-order valence-corrected chi connectivity index (χ4v) is 2.99. The van der Waals surface area contributed by atoms with Crippen molar-refractivity contribution in [1.29, 1.82) is 0 Å². The molecule has 3 aromatic rings. The first-order valence-corrected chi connectivity index (χ1v) is 8.71. The summed E-state index contributed by atoms with van der Waals surface area (Å²) in [5.74, 6) is 0.770. The lowest BCUT2D eigenvalue weighted by Gasteiger charge is -2.04. The van der Waals surface area contributed by atoms with Crippen molar-refractivity contribution in [2.45, 2.75) is 24.8 Å². The number of halogens is 1. The average molecular weight is 363 g/mol. The third-order valence-corrected chi connectivity index (χ3v) is 4.44. The second kappa shape index (κ2) is 7.19. The van der Waals surface area contributed by atoms with Gasteiger partial charge in [-0.05, 0) is 31.5 Å². The van der Waals surface area contributed by atoms with Crippen LogP contribution in [0.2, 0.25) is 5.02 Å². The maximum absolute atomic E-state index is 11.9. The molecule has 0 unspecified atom stereocenters. The molecule has 8 heteroatoms. The van der Waals surface area contributed by atoms with Crippen molar-refractivity contribution in [3.8, 4) is 0 Å². The highest BCUT2D eigenvalue weighted by molar-refractivity contribution is 7.98. The van der Waals surface area contributed by atoms with Gasteiger partial charge in [0.15, 0.2) is 0 Å². The van der Waals surface area contributed by atoms with Crippen LogP contribution in [0.15, 0.2) is 35.6 Å². The Balaban J connectivity index is 1.80. The number of aryl methyl sites for hydroxylation is 1. The van der Waals surface area contributed by atoms with E-state index in [-0.39, 0.29) is 0 Å². The Morgan fingerprint density at radius 3 is 2.75 bits per heavy atom. The number of esters is 1. The van der Waals surface area contributed by atoms with Gasteiger partial charge >= 0.3 is 5.97 Å². The first kappa shape index (κ1) is 16.7. The van der Waals surface area contributed by atoms with E-state index < -0.39 is 5.97 Å². The quantitative estimate of drug-likeness (QED) is 0.510. The number of nitrogens with zero attached hydrogens (tertiary/aromatic N) is 4. The van der Waals surface area contributed by atoms with Crippen molar-refractivity contribution < 1.29 is 9.53 Å². The molecule has 0 aliphatic carbocycles. The summed E-state index contributed by atoms with van der Waals surface area (Å²) in [7, 11) is 0. The van der Waals surface area contributed by atoms with Gasteiger partial charge in [-0.2, -0.15) is 4.98 Å². The van der Waals surface area contributed by atoms with Gasteiger partial charge in [-0.15, -0.1) is 5.10 Å². The molecule has 0 fully saturated rings. The first-order chi connectivity index (χ1) is 11.6. The fraction of sp³-hybridized carbons (Fsp3) is 0.250. The smallest absolute Gasteiger partial charge is 0.341 e. The van der Waals surface area contributed by atoms with Crippen LogP contribution in [0.1, 0.15) is 28.5 Å². The molecule has 0 N–H and O–H groups in total. The van der Waals surface area contributed by atoms with Gasteiger partial charge in [-0.1, -0.05) is 35.5 Å². The molecule has 2 aromatic heterocycles. The lowest BCUT2D eigenvalue weighted by Crippen LogP contribution is -2.10. The summed E-state index contributed by atoms with van der Waals surface area (Å²) in [6.07, 6.45) is 1.61. The minimum absolute atomic E-state index is 0.315. The van der Waals surface area contributed by atoms with Crippen LogP contribution >= 0.6 is 23.4 Å². The molecular formula is C16H15ClN4O2S. The summed E-state index contributed by atoms with van der Waals surface area (Å²) in [4.78, 5) is 20.6. The van der Waals surface area contributed by atoms with Crippen molar-refractivity contribution in [2.24, 2.45) is 0 Å². The van der Waals surface area contributed by atoms with Gasteiger partial charge in [0.05, 0.1) is 17.9 Å². The summed E-state index contributed by atoms with van der Waals surface area (Å²) in [6, 6.07) is 7.63. The van der Waals surface area contributed by atoms with Gasteiger partial charge in [-0.25, -0.2) is 14.3 Å². The minimum atomic E-state index is -0.407. The lowest BCUT2D eigenvalue weighted by atomic mass is 10.2. The molecule has 6 nitrogen and oxygen atoms in total. The van der Waals surface area contributed by atoms with Crippen LogP contribution in [0.4, 0.5) is 0 Å². The Hall–Kier alpha value is -2.12. The Morgan fingerprint density at radius 1 is 1.29 bits per heavy atom. The topological polar surface area (TPSA) is 69.4 Å². The van der Waals surface area contributed by atoms with E-state index in [0.29, 0.717) is 33.8 Å². The number of rotatable bonds is 5. The molecule has 0 atom stereocenters. The number of aromatic nitrogens is 4. The predicted molar refractivity (Wildman–Crippen MR) is 92.5 cm³/mol. The number of carbonyl (C=O) groups excluding carboxylic acids is 1. The van der Waals surface area contributed by atoms with Gasteiger partial charge in [0.1, 0.15) is 0 Å². The minimum Gasteiger partial charge on any atom is -0.462 e. The van der Waals surface area contributed by atoms with Crippen molar-refractivity contribution >= 4 is 35.1 Å². The standard InChI is InChI=1S/C16H15ClN4O2S/c1-3-23-14(22)13-8-21-15(18-10(13)2)19-16(20-21)24-9-11-4-6-12(17)7-5-11/h4-8H,3,9H2,1-2H3. The van der Waals surface area contributed by atoms with E-state index in [1.807, 2.05) is 24.3 Å². The van der Waals surface area contributed by atoms with Gasteiger partial charge in [0.25, 0.3) is 5.78 Å². The molecule has 124 valence electrons. The van der Waals surface area contributed by atoms with E-state index >= 15 is 0 Å². The van der Waals surface area contributed by atoms with E-state index in [9.17, 15) is 4.79 Å². The van der Waals surface area contributed by atoms with Crippen molar-refractivity contribution in [1.82, 2.24) is 19.6 Å². The van der Waals surface area contributed by atoms with Gasteiger partial charge < -0.3 is 4.74 Å². The van der Waals surface area contributed by atoms with Crippen LogP contribution in [-0.4, -0.2) is 32.2 Å². The van der Waals surface area contributed by atoms with Crippen molar-refractivity contribution in [3.05, 3.63) is 52.3 Å². The normalized spacial score (nSPS) is 11.0. The van der Waals surface area contributed by atoms with E-state index in [1.54, 1.807) is 20.0 Å². The highest BCUT2D eigenvalue weighted by Gasteiger charge is 2.15. The number of fused-ring (bicyclic) bond motifs is 1. The van der Waals surface area contributed by atoms with Crippen LogP contribution in [0.5, 0.6) is 0 Å². The zero-order valence-corrected chi connectivity index (χ0v) is 14.8. The fourth-order valence-electron chi connectivity index (χ4n) is 2.08. The third-order valence-electron chi connectivity index (χ3n) is 3.28. The molecule has 0 saturated carbocycles. The molecule has 24 heavy (non-hydrogen) atoms. The summed E-state index contributed by atoms with van der Waals surface area (Å²) in [5, 5.41) is 5.67. The molecular weight excluding hydrogens is 348 g/mol. The molecule has 0 radical (unpaired) electrons. The van der Waals surface area contributed by atoms with Gasteiger partial charge in [-0.3, -0.25) is 0 Å². The first-order valence-electron chi connectivity index (χ1n) is 7.35. The Bertz CT molecular complexity index is 880. The van der Waals surface area contributed by atoms with Crippen LogP contribution in [-0.2, 0) is 10.5 Å². The largest absolute Gasteiger partial charge is 0.462 e. The lowest BCUT2D eigenvalue weighted by molar-refractivity contribution is 0.0524. The van der Waals surface area contributed by atoms with Crippen LogP contribution in [0.25, 0.3) is 5.78 Å². The number of ether oxygens (including phenoxy) is 1.